The third-order valence-corrected chi connectivity index (χ3v) is 7.33. The molecule has 0 bridgehead atoms. The van der Waals surface area contributed by atoms with Gasteiger partial charge in [0.2, 0.25) is 0 Å². The molecule has 11 atom stereocenters. The number of rotatable bonds is 8. The summed E-state index contributed by atoms with van der Waals surface area (Å²) in [5.41, 5.74) is -1.84. The molecule has 3 rings (SSSR count). The molecule has 0 aliphatic carbocycles. The number of hydrogen-bond acceptors (Lipinski definition) is 14. The number of aliphatic hydroxyl groups excluding tert-OH is 5. The fourth-order valence-corrected chi connectivity index (χ4v) is 5.39. The Morgan fingerprint density at radius 3 is 2.00 bits per heavy atom. The zero-order chi connectivity index (χ0) is 25.6. The summed E-state index contributed by atoms with van der Waals surface area (Å²) < 4.78 is 47.8. The molecule has 0 amide bonds. The van der Waals surface area contributed by atoms with E-state index < -0.39 is 82.3 Å². The van der Waals surface area contributed by atoms with E-state index in [4.69, 9.17) is 9.47 Å². The molecular formula is C14H22N2O16P2. The molecule has 0 aromatic carbocycles. The Bertz CT molecular complexity index is 1090. The van der Waals surface area contributed by atoms with Crippen LogP contribution in [0.25, 0.3) is 0 Å². The average molecular weight is 536 g/mol. The van der Waals surface area contributed by atoms with E-state index in [1.165, 1.54) is 6.92 Å². The summed E-state index contributed by atoms with van der Waals surface area (Å²) in [5.74, 6) is 0. The number of nitrogens with zero attached hydrogens (tertiary/aromatic N) is 1. The van der Waals surface area contributed by atoms with Gasteiger partial charge in [-0.1, -0.05) is 0 Å². The van der Waals surface area contributed by atoms with Gasteiger partial charge in [0.1, 0.15) is 30.5 Å². The van der Waals surface area contributed by atoms with Gasteiger partial charge in [-0.25, -0.2) is 13.9 Å². The van der Waals surface area contributed by atoms with Crippen molar-refractivity contribution in [1.82, 2.24) is 9.55 Å². The van der Waals surface area contributed by atoms with Gasteiger partial charge in [0.15, 0.2) is 18.8 Å². The minimum absolute atomic E-state index is 0.630. The van der Waals surface area contributed by atoms with E-state index in [0.29, 0.717) is 4.57 Å². The number of aromatic nitrogens is 2. The number of phosphoric ester groups is 2. The molecule has 34 heavy (non-hydrogen) atoms. The summed E-state index contributed by atoms with van der Waals surface area (Å²) >= 11 is 0. The molecule has 18 nitrogen and oxygen atoms in total. The maximum absolute atomic E-state index is 12.2. The molecule has 0 saturated carbocycles. The molecule has 194 valence electrons. The van der Waals surface area contributed by atoms with E-state index in [1.807, 2.05) is 4.98 Å². The third-order valence-electron chi connectivity index (χ3n) is 4.73. The molecule has 2 aliphatic heterocycles. The van der Waals surface area contributed by atoms with Crippen molar-refractivity contribution >= 4 is 15.6 Å². The smallest absolute Gasteiger partial charge is 0.391 e. The van der Waals surface area contributed by atoms with Crippen molar-refractivity contribution in [1.29, 1.82) is 0 Å². The van der Waals surface area contributed by atoms with Crippen LogP contribution in [0.1, 0.15) is 13.2 Å². The Labute approximate surface area is 188 Å². The van der Waals surface area contributed by atoms with E-state index in [9.17, 15) is 54.0 Å². The first-order valence-corrected chi connectivity index (χ1v) is 12.4. The van der Waals surface area contributed by atoms with Crippen molar-refractivity contribution in [2.75, 3.05) is 0 Å². The molecule has 2 fully saturated rings. The van der Waals surface area contributed by atoms with Crippen LogP contribution in [0.2, 0.25) is 0 Å². The second-order valence-electron chi connectivity index (χ2n) is 7.31. The Morgan fingerprint density at radius 1 is 0.971 bits per heavy atom. The Morgan fingerprint density at radius 2 is 1.50 bits per heavy atom. The Balaban J connectivity index is 1.67. The molecule has 2 saturated heterocycles. The zero-order valence-corrected chi connectivity index (χ0v) is 18.8. The van der Waals surface area contributed by atoms with Crippen molar-refractivity contribution in [3.8, 4) is 0 Å². The second kappa shape index (κ2) is 9.96. The lowest BCUT2D eigenvalue weighted by atomic mass is 10.1. The summed E-state index contributed by atoms with van der Waals surface area (Å²) in [6.07, 6.45) is -15.5. The van der Waals surface area contributed by atoms with Gasteiger partial charge >= 0.3 is 21.3 Å². The van der Waals surface area contributed by atoms with E-state index in [1.54, 1.807) is 0 Å². The van der Waals surface area contributed by atoms with Crippen molar-refractivity contribution < 1.29 is 67.3 Å². The van der Waals surface area contributed by atoms with Crippen LogP contribution >= 0.6 is 15.6 Å². The van der Waals surface area contributed by atoms with E-state index in [0.717, 1.165) is 12.3 Å². The SMILES string of the molecule is C[C@@H](O)[C@@H]1O[C@H](OP(=O)(O)OP(=O)(O)O[C@H]2O[C@@H](n3ccc(=O)[nH]c3=O)[C@H](O)[C@@H]2O)[C@H](O)[C@H]1O. The van der Waals surface area contributed by atoms with Crippen LogP contribution in [-0.4, -0.2) is 94.1 Å². The van der Waals surface area contributed by atoms with Crippen LogP contribution in [0.5, 0.6) is 0 Å². The predicted octanol–water partition coefficient (Wildman–Crippen LogP) is -3.81. The molecule has 3 heterocycles. The number of ether oxygens (including phenoxy) is 2. The molecule has 2 unspecified atom stereocenters. The first-order chi connectivity index (χ1) is 15.6. The van der Waals surface area contributed by atoms with Crippen LogP contribution < -0.4 is 11.2 Å². The molecular weight excluding hydrogens is 514 g/mol. The van der Waals surface area contributed by atoms with Gasteiger partial charge < -0.3 is 44.8 Å². The van der Waals surface area contributed by atoms with Gasteiger partial charge in [-0.2, -0.15) is 4.31 Å². The van der Waals surface area contributed by atoms with Crippen LogP contribution in [0.3, 0.4) is 0 Å². The molecule has 20 heteroatoms. The number of aliphatic hydroxyl groups is 5. The van der Waals surface area contributed by atoms with Gasteiger partial charge in [0.25, 0.3) is 5.56 Å². The predicted molar refractivity (Wildman–Crippen MR) is 103 cm³/mol. The average Bonchev–Trinajstić information content (AvgIpc) is 3.12. The highest BCUT2D eigenvalue weighted by Crippen LogP contribution is 2.62. The van der Waals surface area contributed by atoms with Crippen LogP contribution in [-0.2, 0) is 32.0 Å². The largest absolute Gasteiger partial charge is 0.483 e. The zero-order valence-electron chi connectivity index (χ0n) is 17.0. The van der Waals surface area contributed by atoms with Gasteiger partial charge in [-0.15, -0.1) is 0 Å². The number of aromatic amines is 1. The van der Waals surface area contributed by atoms with Crippen molar-refractivity contribution in [2.45, 2.75) is 62.4 Å². The van der Waals surface area contributed by atoms with E-state index in [-0.39, 0.29) is 0 Å². The molecule has 0 radical (unpaired) electrons. The fourth-order valence-electron chi connectivity index (χ4n) is 3.16. The number of phosphoric acid groups is 2. The van der Waals surface area contributed by atoms with Crippen LogP contribution in [0, 0.1) is 0 Å². The van der Waals surface area contributed by atoms with Gasteiger partial charge in [0.05, 0.1) is 6.10 Å². The monoisotopic (exact) mass is 536 g/mol. The minimum atomic E-state index is -5.62. The highest BCUT2D eigenvalue weighted by Gasteiger charge is 2.52. The molecule has 0 spiro atoms. The fraction of sp³-hybridized carbons (Fsp3) is 0.714. The Hall–Kier alpha value is -1.34. The molecule has 1 aromatic rings. The summed E-state index contributed by atoms with van der Waals surface area (Å²) in [6, 6.07) is 0.885. The first kappa shape index (κ1) is 27.3. The summed E-state index contributed by atoms with van der Waals surface area (Å²) in [6.45, 7) is 1.18. The number of H-pyrrole nitrogens is 1. The lowest BCUT2D eigenvalue weighted by Crippen LogP contribution is -2.37. The molecule has 2 aliphatic rings. The van der Waals surface area contributed by atoms with Crippen molar-refractivity contribution in [2.24, 2.45) is 0 Å². The van der Waals surface area contributed by atoms with E-state index in [2.05, 4.69) is 13.4 Å². The quantitative estimate of drug-likeness (QED) is 0.148. The van der Waals surface area contributed by atoms with Gasteiger partial charge in [-0.05, 0) is 6.92 Å². The summed E-state index contributed by atoms with van der Waals surface area (Å²) in [5, 5.41) is 49.2. The number of hydrogen-bond donors (Lipinski definition) is 8. The van der Waals surface area contributed by atoms with Crippen LogP contribution in [0.15, 0.2) is 21.9 Å². The minimum Gasteiger partial charge on any atom is -0.391 e. The topological polar surface area (TPSA) is 277 Å². The number of nitrogens with one attached hydrogen (secondary N) is 1. The normalized spacial score (nSPS) is 38.4. The van der Waals surface area contributed by atoms with Gasteiger partial charge in [0, 0.05) is 12.3 Å². The maximum Gasteiger partial charge on any atom is 0.483 e. The standard InChI is InChI=1S/C14H22N2O16P2/c1-4(17)10-6(19)8(21)12(28-10)30-33(24,25)32-34(26,27)31-13-9(22)7(20)11(29-13)16-3-2-5(18)15-14(16)23/h2-4,6-13,17,19-22H,1H3,(H,24,25)(H,26,27)(H,15,18,23)/t4-,6-,7-,8-,9+,10+,11-,12-,13-/m1/s1. The van der Waals surface area contributed by atoms with E-state index >= 15 is 0 Å². The van der Waals surface area contributed by atoms with Gasteiger partial charge in [-0.3, -0.25) is 23.4 Å². The summed E-state index contributed by atoms with van der Waals surface area (Å²) in [7, 11) is -11.2. The highest BCUT2D eigenvalue weighted by atomic mass is 31.3. The van der Waals surface area contributed by atoms with Crippen LogP contribution in [0.4, 0.5) is 0 Å². The lowest BCUT2D eigenvalue weighted by molar-refractivity contribution is -0.143. The second-order valence-corrected chi connectivity index (χ2v) is 10.3. The highest BCUT2D eigenvalue weighted by molar-refractivity contribution is 7.61. The Kier molecular flexibility index (Phi) is 7.98. The maximum atomic E-state index is 12.2. The molecule has 8 N–H and O–H groups in total. The molecule has 1 aromatic heterocycles. The van der Waals surface area contributed by atoms with Crippen molar-refractivity contribution in [3.63, 3.8) is 0 Å². The first-order valence-electron chi connectivity index (χ1n) is 9.38. The lowest BCUT2D eigenvalue weighted by Gasteiger charge is -2.22. The summed E-state index contributed by atoms with van der Waals surface area (Å²) in [4.78, 5) is 44.4. The third kappa shape index (κ3) is 5.89. The van der Waals surface area contributed by atoms with Crippen molar-refractivity contribution in [3.05, 3.63) is 33.1 Å².